The van der Waals surface area contributed by atoms with Crippen molar-refractivity contribution in [1.29, 1.82) is 0 Å². The molecule has 1 aliphatic carbocycles. The number of carbonyl (C=O) groups is 1. The molecule has 3 aromatic rings. The molecule has 0 radical (unpaired) electrons. The average molecular weight is 602 g/mol. The Morgan fingerprint density at radius 3 is 2.51 bits per heavy atom. The number of nitrogen functional groups attached to an aromatic ring is 1. The largest absolute Gasteiger partial charge is 0.396 e. The van der Waals surface area contributed by atoms with Crippen molar-refractivity contribution in [3.05, 3.63) is 64.3 Å². The summed E-state index contributed by atoms with van der Waals surface area (Å²) in [4.78, 5) is 15.7. The number of hydrogen-bond donors (Lipinski definition) is 2. The van der Waals surface area contributed by atoms with Gasteiger partial charge in [0, 0.05) is 18.0 Å². The summed E-state index contributed by atoms with van der Waals surface area (Å²) in [6, 6.07) is 11.8. The number of halogens is 3. The molecule has 1 saturated heterocycles. The molecule has 3 N–H and O–H groups in total. The summed E-state index contributed by atoms with van der Waals surface area (Å²) >= 11 is 2.87. The van der Waals surface area contributed by atoms with Crippen molar-refractivity contribution in [3.8, 4) is 11.3 Å². The lowest BCUT2D eigenvalue weighted by Gasteiger charge is -2.37. The summed E-state index contributed by atoms with van der Waals surface area (Å²) in [5.41, 5.74) is 7.42. The Morgan fingerprint density at radius 1 is 1.13 bits per heavy atom. The standard InChI is InChI=1S/C29H35BrF2N6O/c1-18-11-13-37(14-12-18)25(19-5-3-2-4-6-19)16-34-29(39)20-7-9-21(10-8-20)38-17-24(35-36-38)22-15-23(31)26(30)27(32)28(22)33/h2-6,15,17-18,20-21,25H,7-14,16,33H2,1H3,(H,34,39). The van der Waals surface area contributed by atoms with Crippen LogP contribution >= 0.6 is 15.9 Å². The molecule has 5 rings (SSSR count). The van der Waals surface area contributed by atoms with Crippen LogP contribution in [0.2, 0.25) is 0 Å². The quantitative estimate of drug-likeness (QED) is 0.261. The van der Waals surface area contributed by atoms with Crippen LogP contribution in [-0.2, 0) is 4.79 Å². The van der Waals surface area contributed by atoms with E-state index in [9.17, 15) is 13.6 Å². The third kappa shape index (κ3) is 6.17. The fourth-order valence-corrected chi connectivity index (χ4v) is 6.15. The molecule has 39 heavy (non-hydrogen) atoms. The summed E-state index contributed by atoms with van der Waals surface area (Å²) in [6.07, 6.45) is 7.07. The van der Waals surface area contributed by atoms with Crippen molar-refractivity contribution >= 4 is 27.5 Å². The maximum Gasteiger partial charge on any atom is 0.223 e. The lowest BCUT2D eigenvalue weighted by Crippen LogP contribution is -2.43. The molecule has 1 atom stereocenters. The van der Waals surface area contributed by atoms with E-state index in [0.717, 1.165) is 50.8 Å². The lowest BCUT2D eigenvalue weighted by molar-refractivity contribution is -0.126. The molecule has 208 valence electrons. The maximum absolute atomic E-state index is 14.2. The molecule has 2 aromatic carbocycles. The zero-order valence-corrected chi connectivity index (χ0v) is 23.7. The Labute approximate surface area is 236 Å². The van der Waals surface area contributed by atoms with Crippen LogP contribution in [0.15, 0.2) is 47.1 Å². The fraction of sp³-hybridized carbons (Fsp3) is 0.483. The first-order valence-electron chi connectivity index (χ1n) is 13.7. The van der Waals surface area contributed by atoms with Crippen LogP contribution in [0.4, 0.5) is 14.5 Å². The Morgan fingerprint density at radius 2 is 1.82 bits per heavy atom. The van der Waals surface area contributed by atoms with Gasteiger partial charge in [0.2, 0.25) is 5.91 Å². The molecule has 1 aromatic heterocycles. The zero-order chi connectivity index (χ0) is 27.5. The number of hydrogen-bond acceptors (Lipinski definition) is 5. The second kappa shape index (κ2) is 12.1. The molecule has 1 unspecified atom stereocenters. The first-order chi connectivity index (χ1) is 18.8. The minimum atomic E-state index is -0.851. The second-order valence-corrected chi connectivity index (χ2v) is 11.7. The van der Waals surface area contributed by atoms with Crippen molar-refractivity contribution in [2.24, 2.45) is 11.8 Å². The van der Waals surface area contributed by atoms with Gasteiger partial charge in [0.05, 0.1) is 28.4 Å². The Kier molecular flexibility index (Phi) is 8.61. The molecule has 2 aliphatic rings. The van der Waals surface area contributed by atoms with Gasteiger partial charge in [0.25, 0.3) is 0 Å². The predicted molar refractivity (Wildman–Crippen MR) is 151 cm³/mol. The van der Waals surface area contributed by atoms with Crippen LogP contribution in [0.25, 0.3) is 11.3 Å². The van der Waals surface area contributed by atoms with Crippen LogP contribution < -0.4 is 11.1 Å². The van der Waals surface area contributed by atoms with E-state index in [2.05, 4.69) is 67.6 Å². The van der Waals surface area contributed by atoms with Gasteiger partial charge in [-0.3, -0.25) is 9.69 Å². The van der Waals surface area contributed by atoms with Crippen LogP contribution in [0.5, 0.6) is 0 Å². The predicted octanol–water partition coefficient (Wildman–Crippen LogP) is 5.89. The van der Waals surface area contributed by atoms with E-state index in [1.807, 2.05) is 6.07 Å². The zero-order valence-electron chi connectivity index (χ0n) is 22.1. The van der Waals surface area contributed by atoms with Crippen LogP contribution in [-0.4, -0.2) is 45.4 Å². The number of likely N-dealkylation sites (tertiary alicyclic amines) is 1. The molecule has 1 saturated carbocycles. The number of piperidine rings is 1. The highest BCUT2D eigenvalue weighted by Crippen LogP contribution is 2.36. The average Bonchev–Trinajstić information content (AvgIpc) is 3.45. The number of aromatic nitrogens is 3. The normalized spacial score (nSPS) is 21.5. The van der Waals surface area contributed by atoms with E-state index in [0.29, 0.717) is 12.2 Å². The number of amides is 1. The van der Waals surface area contributed by atoms with Crippen molar-refractivity contribution in [1.82, 2.24) is 25.2 Å². The number of nitrogens with two attached hydrogens (primary N) is 1. The first kappa shape index (κ1) is 27.7. The van der Waals surface area contributed by atoms with Gasteiger partial charge in [0.1, 0.15) is 11.5 Å². The summed E-state index contributed by atoms with van der Waals surface area (Å²) in [7, 11) is 0. The van der Waals surface area contributed by atoms with Gasteiger partial charge in [-0.2, -0.15) is 0 Å². The Balaban J connectivity index is 1.18. The molecule has 0 spiro atoms. The van der Waals surface area contributed by atoms with Crippen LogP contribution in [0, 0.1) is 23.5 Å². The molecule has 7 nitrogen and oxygen atoms in total. The highest BCUT2D eigenvalue weighted by atomic mass is 79.9. The lowest BCUT2D eigenvalue weighted by atomic mass is 9.85. The maximum atomic E-state index is 14.2. The van der Waals surface area contributed by atoms with E-state index in [1.54, 1.807) is 10.9 Å². The van der Waals surface area contributed by atoms with Gasteiger partial charge in [-0.15, -0.1) is 5.10 Å². The summed E-state index contributed by atoms with van der Waals surface area (Å²) in [6.45, 7) is 5.01. The minimum absolute atomic E-state index is 0.0487. The Bertz CT molecular complexity index is 1290. The van der Waals surface area contributed by atoms with Crippen LogP contribution in [0.1, 0.15) is 63.1 Å². The van der Waals surface area contributed by atoms with Crippen molar-refractivity contribution in [2.75, 3.05) is 25.4 Å². The number of rotatable bonds is 7. The van der Waals surface area contributed by atoms with Gasteiger partial charge in [0.15, 0.2) is 5.82 Å². The highest BCUT2D eigenvalue weighted by molar-refractivity contribution is 9.10. The molecule has 10 heteroatoms. The number of carbonyl (C=O) groups excluding carboxylic acids is 1. The van der Waals surface area contributed by atoms with E-state index < -0.39 is 11.6 Å². The fourth-order valence-electron chi connectivity index (χ4n) is 5.82. The number of anilines is 1. The molecule has 2 fully saturated rings. The third-order valence-electron chi connectivity index (χ3n) is 8.34. The van der Waals surface area contributed by atoms with Gasteiger partial charge in [-0.05, 0) is 85.1 Å². The van der Waals surface area contributed by atoms with Crippen molar-refractivity contribution in [3.63, 3.8) is 0 Å². The first-order valence-corrected chi connectivity index (χ1v) is 14.5. The molecular formula is C29H35BrF2N6O. The monoisotopic (exact) mass is 600 g/mol. The van der Waals surface area contributed by atoms with Gasteiger partial charge in [-0.1, -0.05) is 42.5 Å². The summed E-state index contributed by atoms with van der Waals surface area (Å²) in [5.74, 6) is -0.796. The Hall–Kier alpha value is -2.85. The number of nitrogens with one attached hydrogen (secondary N) is 1. The minimum Gasteiger partial charge on any atom is -0.396 e. The second-order valence-electron chi connectivity index (χ2n) is 10.9. The number of benzene rings is 2. The van der Waals surface area contributed by atoms with E-state index >= 15 is 0 Å². The van der Waals surface area contributed by atoms with Crippen molar-refractivity contribution < 1.29 is 13.6 Å². The van der Waals surface area contributed by atoms with Gasteiger partial charge < -0.3 is 11.1 Å². The van der Waals surface area contributed by atoms with Gasteiger partial charge in [-0.25, -0.2) is 13.5 Å². The van der Waals surface area contributed by atoms with E-state index in [4.69, 9.17) is 5.73 Å². The van der Waals surface area contributed by atoms with E-state index in [1.165, 1.54) is 18.4 Å². The summed E-state index contributed by atoms with van der Waals surface area (Å²) < 4.78 is 29.7. The molecule has 2 heterocycles. The van der Waals surface area contributed by atoms with E-state index in [-0.39, 0.29) is 39.6 Å². The molecule has 1 aliphatic heterocycles. The van der Waals surface area contributed by atoms with Crippen LogP contribution in [0.3, 0.4) is 0 Å². The third-order valence-corrected chi connectivity index (χ3v) is 9.07. The van der Waals surface area contributed by atoms with Gasteiger partial charge >= 0.3 is 0 Å². The highest BCUT2D eigenvalue weighted by Gasteiger charge is 2.30. The summed E-state index contributed by atoms with van der Waals surface area (Å²) in [5, 5.41) is 11.6. The molecule has 0 bridgehead atoms. The molecular weight excluding hydrogens is 566 g/mol. The smallest absolute Gasteiger partial charge is 0.223 e. The topological polar surface area (TPSA) is 89.1 Å². The van der Waals surface area contributed by atoms with Crippen molar-refractivity contribution in [2.45, 2.75) is 57.5 Å². The number of nitrogens with zero attached hydrogens (tertiary/aromatic N) is 4. The SMILES string of the molecule is CC1CCN(C(CNC(=O)C2CCC(n3cc(-c4cc(F)c(Br)c(F)c4N)nn3)CC2)c2ccccc2)CC1. The molecule has 1 amide bonds.